The van der Waals surface area contributed by atoms with Gasteiger partial charge in [0.25, 0.3) is 0 Å². The van der Waals surface area contributed by atoms with Crippen LogP contribution in [0.4, 0.5) is 0 Å². The molecule has 0 saturated carbocycles. The van der Waals surface area contributed by atoms with E-state index in [4.69, 9.17) is 9.47 Å². The number of ether oxygens (including phenoxy) is 2. The Kier molecular flexibility index (Phi) is 3.04. The van der Waals surface area contributed by atoms with Gasteiger partial charge in [-0.1, -0.05) is 12.1 Å². The maximum atomic E-state index is 11.6. The van der Waals surface area contributed by atoms with Crippen molar-refractivity contribution in [1.29, 1.82) is 0 Å². The average molecular weight is 316 g/mol. The Balaban J connectivity index is 2.50. The molecule has 0 bridgehead atoms. The minimum absolute atomic E-state index is 0.196. The molecule has 4 rings (SSSR count). The fourth-order valence-electron chi connectivity index (χ4n) is 3.39. The summed E-state index contributed by atoms with van der Waals surface area (Å²) >= 11 is 0. The van der Waals surface area contributed by atoms with E-state index in [1.54, 1.807) is 26.4 Å². The molecule has 0 saturated heterocycles. The van der Waals surface area contributed by atoms with Gasteiger partial charge in [-0.2, -0.15) is 0 Å². The third-order valence-corrected chi connectivity index (χ3v) is 4.44. The molecule has 0 aliphatic carbocycles. The lowest BCUT2D eigenvalue weighted by Gasteiger charge is -2.13. The summed E-state index contributed by atoms with van der Waals surface area (Å²) < 4.78 is 10.6. The molecule has 0 fully saturated rings. The summed E-state index contributed by atoms with van der Waals surface area (Å²) in [6.07, 6.45) is 0. The minimum Gasteiger partial charge on any atom is -0.497 e. The zero-order valence-corrected chi connectivity index (χ0v) is 13.1. The van der Waals surface area contributed by atoms with Crippen molar-refractivity contribution in [2.45, 2.75) is 0 Å². The number of benzene rings is 4. The molecule has 24 heavy (non-hydrogen) atoms. The second-order valence-electron chi connectivity index (χ2n) is 5.57. The Labute approximate surface area is 136 Å². The topological polar surface area (TPSA) is 52.6 Å². The maximum Gasteiger partial charge on any atom is 0.134 e. The quantitative estimate of drug-likeness (QED) is 0.527. The molecule has 0 heterocycles. The van der Waals surface area contributed by atoms with Gasteiger partial charge in [0.05, 0.1) is 24.7 Å². The normalized spacial score (nSPS) is 10.9. The molecule has 0 amide bonds. The van der Waals surface area contributed by atoms with Crippen molar-refractivity contribution in [3.63, 3.8) is 0 Å². The Morgan fingerprint density at radius 2 is 1.12 bits per heavy atom. The van der Waals surface area contributed by atoms with Crippen molar-refractivity contribution in [2.24, 2.45) is 0 Å². The molecule has 0 atom stereocenters. The van der Waals surface area contributed by atoms with E-state index >= 15 is 0 Å². The summed E-state index contributed by atoms with van der Waals surface area (Å²) in [5.74, 6) is 5.05. The molecule has 0 spiro atoms. The van der Waals surface area contributed by atoms with Crippen LogP contribution in [0.15, 0.2) is 36.4 Å². The van der Waals surface area contributed by atoms with Crippen molar-refractivity contribution in [2.75, 3.05) is 14.2 Å². The summed E-state index contributed by atoms with van der Waals surface area (Å²) in [6, 6.07) is 11.3. The van der Waals surface area contributed by atoms with Gasteiger partial charge in [0.1, 0.15) is 23.4 Å². The van der Waals surface area contributed by atoms with E-state index in [2.05, 4.69) is 0 Å². The molecule has 4 heteroatoms. The monoisotopic (exact) mass is 316 g/mol. The van der Waals surface area contributed by atoms with Crippen molar-refractivity contribution in [3.8, 4) is 11.5 Å². The molecule has 0 aliphatic heterocycles. The molecule has 116 valence electrons. The number of rotatable bonds is 2. The Bertz CT molecular complexity index is 1180. The van der Waals surface area contributed by atoms with Gasteiger partial charge in [-0.15, -0.1) is 0 Å². The van der Waals surface area contributed by atoms with Gasteiger partial charge in [0.2, 0.25) is 0 Å². The van der Waals surface area contributed by atoms with E-state index in [1.807, 2.05) is 36.1 Å². The molecule has 0 unspecified atom stereocenters. The number of carbonyl (C=O) groups excluding carboxylic acids is 2. The van der Waals surface area contributed by atoms with Crippen LogP contribution in [0.3, 0.4) is 0 Å². The SMILES string of the molecule is COc1cc2ccc3cc(OC)cc4c(=C=O)c(=C=O)c(c1)c2c34. The first-order valence-corrected chi connectivity index (χ1v) is 7.35. The van der Waals surface area contributed by atoms with E-state index < -0.39 is 0 Å². The van der Waals surface area contributed by atoms with Crippen molar-refractivity contribution in [1.82, 2.24) is 0 Å². The van der Waals surface area contributed by atoms with Crippen LogP contribution in [-0.2, 0) is 9.59 Å². The largest absolute Gasteiger partial charge is 0.497 e. The summed E-state index contributed by atoms with van der Waals surface area (Å²) in [4.78, 5) is 23.2. The average Bonchev–Trinajstić information content (AvgIpc) is 2.64. The summed E-state index contributed by atoms with van der Waals surface area (Å²) in [6.45, 7) is 0. The van der Waals surface area contributed by atoms with E-state index in [-0.39, 0.29) is 10.4 Å². The van der Waals surface area contributed by atoms with Crippen molar-refractivity contribution in [3.05, 3.63) is 46.8 Å². The summed E-state index contributed by atoms with van der Waals surface area (Å²) in [5.41, 5.74) is 0. The molecule has 4 nitrogen and oxygen atoms in total. The van der Waals surface area contributed by atoms with Gasteiger partial charge in [-0.05, 0) is 45.8 Å². The van der Waals surface area contributed by atoms with Crippen LogP contribution in [0.5, 0.6) is 11.5 Å². The van der Waals surface area contributed by atoms with E-state index in [1.165, 1.54) is 0 Å². The highest BCUT2D eigenvalue weighted by atomic mass is 16.5. The van der Waals surface area contributed by atoms with Gasteiger partial charge in [-0.3, -0.25) is 0 Å². The molecule has 0 aliphatic rings. The van der Waals surface area contributed by atoms with Gasteiger partial charge < -0.3 is 9.47 Å². The third-order valence-electron chi connectivity index (χ3n) is 4.44. The summed E-state index contributed by atoms with van der Waals surface area (Å²) in [7, 11) is 3.13. The lowest BCUT2D eigenvalue weighted by molar-refractivity contribution is 0.415. The molecular weight excluding hydrogens is 304 g/mol. The van der Waals surface area contributed by atoms with Crippen LogP contribution < -0.4 is 19.9 Å². The Morgan fingerprint density at radius 3 is 1.46 bits per heavy atom. The predicted octanol–water partition coefficient (Wildman–Crippen LogP) is 1.61. The third kappa shape index (κ3) is 1.76. The van der Waals surface area contributed by atoms with Crippen LogP contribution >= 0.6 is 0 Å². The second-order valence-corrected chi connectivity index (χ2v) is 5.57. The van der Waals surface area contributed by atoms with Gasteiger partial charge in [-0.25, -0.2) is 9.59 Å². The van der Waals surface area contributed by atoms with Crippen LogP contribution in [0.2, 0.25) is 0 Å². The second kappa shape index (κ2) is 5.10. The molecule has 4 aromatic carbocycles. The zero-order chi connectivity index (χ0) is 16.8. The highest BCUT2D eigenvalue weighted by molar-refractivity contribution is 6.24. The number of hydrogen-bond donors (Lipinski definition) is 0. The minimum atomic E-state index is 0.196. The van der Waals surface area contributed by atoms with Gasteiger partial charge >= 0.3 is 0 Å². The van der Waals surface area contributed by atoms with Crippen molar-refractivity contribution >= 4 is 44.2 Å². The first kappa shape index (κ1) is 14.3. The van der Waals surface area contributed by atoms with Gasteiger partial charge in [0.15, 0.2) is 0 Å². The van der Waals surface area contributed by atoms with E-state index in [0.29, 0.717) is 22.3 Å². The molecule has 0 radical (unpaired) electrons. The lowest BCUT2D eigenvalue weighted by Crippen LogP contribution is -2.29. The maximum absolute atomic E-state index is 11.6. The summed E-state index contributed by atoms with van der Waals surface area (Å²) in [5, 5.41) is 5.35. The van der Waals surface area contributed by atoms with E-state index in [0.717, 1.165) is 21.5 Å². The zero-order valence-electron chi connectivity index (χ0n) is 13.1. The first-order valence-electron chi connectivity index (χ1n) is 7.35. The molecule has 0 N–H and O–H groups in total. The number of methoxy groups -OCH3 is 2. The lowest BCUT2D eigenvalue weighted by atomic mass is 9.91. The van der Waals surface area contributed by atoms with E-state index in [9.17, 15) is 9.59 Å². The highest BCUT2D eigenvalue weighted by Crippen LogP contribution is 2.35. The molecule has 4 aromatic rings. The molecular formula is C20H12O4. The Hall–Kier alpha value is -3.32. The standard InChI is InChI=1S/C20H12O4/c1-23-13-5-11-3-4-12-6-14(24-2)8-16-18(10-22)17(9-21)15(7-13)19(11)20(12)16/h3-8H,1-2H3. The van der Waals surface area contributed by atoms with Crippen molar-refractivity contribution < 1.29 is 19.1 Å². The smallest absolute Gasteiger partial charge is 0.134 e. The first-order chi connectivity index (χ1) is 11.7. The highest BCUT2D eigenvalue weighted by Gasteiger charge is 2.15. The van der Waals surface area contributed by atoms with Crippen LogP contribution in [0.1, 0.15) is 0 Å². The number of hydrogen-bond acceptors (Lipinski definition) is 4. The molecule has 0 aromatic heterocycles. The van der Waals surface area contributed by atoms with Crippen LogP contribution in [0, 0.1) is 0 Å². The fraction of sp³-hybridized carbons (Fsp3) is 0.100. The fourth-order valence-corrected chi connectivity index (χ4v) is 3.39. The Morgan fingerprint density at radius 1 is 0.708 bits per heavy atom. The van der Waals surface area contributed by atoms with Gasteiger partial charge in [0, 0.05) is 10.8 Å². The van der Waals surface area contributed by atoms with Crippen LogP contribution in [-0.4, -0.2) is 26.1 Å². The predicted molar refractivity (Wildman–Crippen MR) is 92.1 cm³/mol. The van der Waals surface area contributed by atoms with Crippen LogP contribution in [0.25, 0.3) is 32.3 Å².